The maximum absolute atomic E-state index is 8.99. The second-order valence-corrected chi connectivity index (χ2v) is 3.49. The molecule has 0 amide bonds. The van der Waals surface area contributed by atoms with Crippen LogP contribution in [0, 0.1) is 0 Å². The summed E-state index contributed by atoms with van der Waals surface area (Å²) in [7, 11) is 0. The zero-order valence-corrected chi connectivity index (χ0v) is 8.52. The van der Waals surface area contributed by atoms with E-state index in [-0.39, 0.29) is 6.61 Å². The molecule has 3 nitrogen and oxygen atoms in total. The highest BCUT2D eigenvalue weighted by atomic mass is 16.3. The largest absolute Gasteiger partial charge is 0.396 e. The molecule has 0 aliphatic carbocycles. The van der Waals surface area contributed by atoms with Gasteiger partial charge < -0.3 is 14.8 Å². The van der Waals surface area contributed by atoms with Crippen molar-refractivity contribution in [2.24, 2.45) is 0 Å². The molecule has 0 fully saturated rings. The summed E-state index contributed by atoms with van der Waals surface area (Å²) in [6, 6.07) is 3.90. The van der Waals surface area contributed by atoms with E-state index in [0.717, 1.165) is 37.9 Å². The Morgan fingerprint density at radius 3 is 2.57 bits per heavy atom. The normalized spacial score (nSPS) is 10.7. The minimum atomic E-state index is 0.115. The summed E-state index contributed by atoms with van der Waals surface area (Å²) in [5, 5.41) is 17.6. The summed E-state index contributed by atoms with van der Waals surface area (Å²) < 4.78 is 2.08. The molecule has 0 spiro atoms. The lowest BCUT2D eigenvalue weighted by atomic mass is 10.2. The van der Waals surface area contributed by atoms with E-state index >= 15 is 0 Å². The molecule has 1 heterocycles. The quantitative estimate of drug-likeness (QED) is 0.651. The van der Waals surface area contributed by atoms with Gasteiger partial charge in [0.2, 0.25) is 0 Å². The number of hydrogen-bond acceptors (Lipinski definition) is 2. The number of unbranched alkanes of at least 4 members (excludes halogenated alkanes) is 3. The first-order valence-electron chi connectivity index (χ1n) is 5.24. The minimum Gasteiger partial charge on any atom is -0.396 e. The van der Waals surface area contributed by atoms with Gasteiger partial charge in [0.1, 0.15) is 0 Å². The number of aryl methyl sites for hydroxylation is 1. The highest BCUT2D eigenvalue weighted by Gasteiger charge is 1.98. The van der Waals surface area contributed by atoms with Gasteiger partial charge in [0, 0.05) is 25.0 Å². The topological polar surface area (TPSA) is 45.4 Å². The van der Waals surface area contributed by atoms with Crippen molar-refractivity contribution in [3.05, 3.63) is 24.0 Å². The molecule has 1 aromatic rings. The van der Waals surface area contributed by atoms with E-state index in [0.29, 0.717) is 6.61 Å². The second kappa shape index (κ2) is 6.62. The molecule has 0 radical (unpaired) electrons. The summed E-state index contributed by atoms with van der Waals surface area (Å²) >= 11 is 0. The molecule has 1 rings (SSSR count). The van der Waals surface area contributed by atoms with E-state index < -0.39 is 0 Å². The molecule has 0 saturated carbocycles. The van der Waals surface area contributed by atoms with E-state index in [9.17, 15) is 0 Å². The molecule has 2 N–H and O–H groups in total. The first kappa shape index (κ1) is 11.3. The van der Waals surface area contributed by atoms with Crippen molar-refractivity contribution in [1.29, 1.82) is 0 Å². The van der Waals surface area contributed by atoms with E-state index in [2.05, 4.69) is 4.57 Å². The van der Waals surface area contributed by atoms with Crippen molar-refractivity contribution in [2.75, 3.05) is 6.61 Å². The summed E-state index contributed by atoms with van der Waals surface area (Å²) in [4.78, 5) is 0. The second-order valence-electron chi connectivity index (χ2n) is 3.49. The molecule has 14 heavy (non-hydrogen) atoms. The predicted octanol–water partition coefficient (Wildman–Crippen LogP) is 1.53. The van der Waals surface area contributed by atoms with Crippen LogP contribution in [0.15, 0.2) is 18.3 Å². The Labute approximate surface area is 85.0 Å². The first-order valence-corrected chi connectivity index (χ1v) is 5.24. The summed E-state index contributed by atoms with van der Waals surface area (Å²) in [6.45, 7) is 1.38. The maximum Gasteiger partial charge on any atom is 0.0832 e. The Bertz CT molecular complexity index is 245. The third kappa shape index (κ3) is 3.52. The predicted molar refractivity (Wildman–Crippen MR) is 55.9 cm³/mol. The van der Waals surface area contributed by atoms with Gasteiger partial charge in [-0.25, -0.2) is 0 Å². The average molecular weight is 197 g/mol. The highest BCUT2D eigenvalue weighted by molar-refractivity contribution is 5.05. The number of hydrogen-bond donors (Lipinski definition) is 2. The summed E-state index contributed by atoms with van der Waals surface area (Å²) in [6.07, 6.45) is 6.24. The number of aromatic nitrogens is 1. The zero-order chi connectivity index (χ0) is 10.2. The Hall–Kier alpha value is -0.800. The van der Waals surface area contributed by atoms with E-state index in [1.54, 1.807) is 0 Å². The Morgan fingerprint density at radius 2 is 1.86 bits per heavy atom. The first-order chi connectivity index (χ1) is 6.88. The Morgan fingerprint density at radius 1 is 1.07 bits per heavy atom. The van der Waals surface area contributed by atoms with Gasteiger partial charge in [0.25, 0.3) is 0 Å². The van der Waals surface area contributed by atoms with Crippen LogP contribution >= 0.6 is 0 Å². The van der Waals surface area contributed by atoms with Gasteiger partial charge in [-0.05, 0) is 25.0 Å². The van der Waals surface area contributed by atoms with Crippen LogP contribution in [-0.4, -0.2) is 21.4 Å². The fourth-order valence-electron chi connectivity index (χ4n) is 1.56. The van der Waals surface area contributed by atoms with Gasteiger partial charge in [0.15, 0.2) is 0 Å². The SMILES string of the molecule is OCCCCCCn1cccc1CO. The van der Waals surface area contributed by atoms with Gasteiger partial charge in [-0.3, -0.25) is 0 Å². The molecule has 0 unspecified atom stereocenters. The van der Waals surface area contributed by atoms with E-state index in [4.69, 9.17) is 10.2 Å². The fraction of sp³-hybridized carbons (Fsp3) is 0.636. The Balaban J connectivity index is 2.17. The van der Waals surface area contributed by atoms with Gasteiger partial charge in [-0.1, -0.05) is 12.8 Å². The molecule has 80 valence electrons. The molecular formula is C11H19NO2. The zero-order valence-electron chi connectivity index (χ0n) is 8.52. The molecule has 0 saturated heterocycles. The number of aliphatic hydroxyl groups is 2. The fourth-order valence-corrected chi connectivity index (χ4v) is 1.56. The van der Waals surface area contributed by atoms with Crippen molar-refractivity contribution in [1.82, 2.24) is 4.57 Å². The van der Waals surface area contributed by atoms with Crippen LogP contribution in [0.5, 0.6) is 0 Å². The van der Waals surface area contributed by atoms with Crippen molar-refractivity contribution in [3.8, 4) is 0 Å². The molecule has 3 heteroatoms. The number of rotatable bonds is 7. The van der Waals surface area contributed by atoms with Crippen molar-refractivity contribution >= 4 is 0 Å². The lowest BCUT2D eigenvalue weighted by molar-refractivity contribution is 0.269. The summed E-state index contributed by atoms with van der Waals surface area (Å²) in [5.41, 5.74) is 0.979. The smallest absolute Gasteiger partial charge is 0.0832 e. The van der Waals surface area contributed by atoms with Gasteiger partial charge in [-0.2, -0.15) is 0 Å². The van der Waals surface area contributed by atoms with Crippen LogP contribution in [0.3, 0.4) is 0 Å². The van der Waals surface area contributed by atoms with Crippen molar-refractivity contribution in [3.63, 3.8) is 0 Å². The molecule has 0 aliphatic rings. The standard InChI is InChI=1S/C11H19NO2/c13-9-4-2-1-3-7-12-8-5-6-11(12)10-14/h5-6,8,13-14H,1-4,7,9-10H2. The van der Waals surface area contributed by atoms with Crippen molar-refractivity contribution < 1.29 is 10.2 Å². The van der Waals surface area contributed by atoms with E-state index in [1.807, 2.05) is 18.3 Å². The monoisotopic (exact) mass is 197 g/mol. The molecule has 0 atom stereocenters. The molecular weight excluding hydrogens is 178 g/mol. The van der Waals surface area contributed by atoms with Crippen LogP contribution in [0.1, 0.15) is 31.4 Å². The summed E-state index contributed by atoms with van der Waals surface area (Å²) in [5.74, 6) is 0. The lowest BCUT2D eigenvalue weighted by Gasteiger charge is -2.06. The molecule has 0 aliphatic heterocycles. The van der Waals surface area contributed by atoms with Crippen LogP contribution < -0.4 is 0 Å². The van der Waals surface area contributed by atoms with Crippen LogP contribution in [0.2, 0.25) is 0 Å². The Kier molecular flexibility index (Phi) is 5.33. The molecule has 0 aromatic carbocycles. The number of aliphatic hydroxyl groups excluding tert-OH is 2. The van der Waals surface area contributed by atoms with Crippen LogP contribution in [0.4, 0.5) is 0 Å². The van der Waals surface area contributed by atoms with Gasteiger partial charge >= 0.3 is 0 Å². The average Bonchev–Trinajstić information content (AvgIpc) is 2.65. The third-order valence-corrected chi connectivity index (χ3v) is 2.39. The van der Waals surface area contributed by atoms with Crippen LogP contribution in [-0.2, 0) is 13.2 Å². The minimum absolute atomic E-state index is 0.115. The van der Waals surface area contributed by atoms with Crippen molar-refractivity contribution in [2.45, 2.75) is 38.8 Å². The molecule has 1 aromatic heterocycles. The lowest BCUT2D eigenvalue weighted by Crippen LogP contribution is -2.01. The van der Waals surface area contributed by atoms with E-state index in [1.165, 1.54) is 0 Å². The van der Waals surface area contributed by atoms with Gasteiger partial charge in [-0.15, -0.1) is 0 Å². The third-order valence-electron chi connectivity index (χ3n) is 2.39. The van der Waals surface area contributed by atoms with Crippen LogP contribution in [0.25, 0.3) is 0 Å². The molecule has 0 bridgehead atoms. The van der Waals surface area contributed by atoms with Gasteiger partial charge in [0.05, 0.1) is 6.61 Å². The maximum atomic E-state index is 8.99. The highest BCUT2D eigenvalue weighted by Crippen LogP contribution is 2.06. The number of nitrogens with zero attached hydrogens (tertiary/aromatic N) is 1.